The van der Waals surface area contributed by atoms with Crippen LogP contribution >= 0.6 is 11.8 Å². The minimum absolute atomic E-state index is 0.475. The lowest BCUT2D eigenvalue weighted by Crippen LogP contribution is -2.21. The molecule has 0 unspecified atom stereocenters. The Morgan fingerprint density at radius 1 is 1.30 bits per heavy atom. The molecule has 0 radical (unpaired) electrons. The maximum absolute atomic E-state index is 5.58. The highest BCUT2D eigenvalue weighted by Crippen LogP contribution is 2.29. The van der Waals surface area contributed by atoms with Crippen molar-refractivity contribution in [2.24, 2.45) is 0 Å². The van der Waals surface area contributed by atoms with Gasteiger partial charge in [0.15, 0.2) is 0 Å². The molecule has 108 valence electrons. The zero-order chi connectivity index (χ0) is 14.7. The number of aryl methyl sites for hydroxylation is 3. The summed E-state index contributed by atoms with van der Waals surface area (Å²) in [5, 5.41) is 4.99. The largest absolute Gasteiger partial charge is 0.436 e. The lowest BCUT2D eigenvalue weighted by atomic mass is 10.2. The number of aromatic nitrogens is 2. The van der Waals surface area contributed by atoms with E-state index in [1.165, 1.54) is 17.3 Å². The van der Waals surface area contributed by atoms with Crippen LogP contribution in [-0.4, -0.2) is 16.0 Å². The Kier molecular flexibility index (Phi) is 4.83. The maximum atomic E-state index is 5.58. The maximum Gasteiger partial charge on any atom is 0.262 e. The van der Waals surface area contributed by atoms with Crippen LogP contribution in [0.5, 0.6) is 0 Å². The summed E-state index contributed by atoms with van der Waals surface area (Å²) >= 11 is 1.47. The van der Waals surface area contributed by atoms with Crippen LogP contribution in [0.1, 0.15) is 36.4 Å². The van der Waals surface area contributed by atoms with Gasteiger partial charge in [0.05, 0.1) is 5.69 Å². The highest BCUT2D eigenvalue weighted by Gasteiger charge is 2.10. The van der Waals surface area contributed by atoms with Crippen LogP contribution < -0.4 is 5.32 Å². The lowest BCUT2D eigenvalue weighted by Gasteiger charge is -2.09. The van der Waals surface area contributed by atoms with Crippen LogP contribution in [-0.2, 0) is 6.54 Å². The Labute approximate surface area is 124 Å². The monoisotopic (exact) mass is 291 g/mol. The molecule has 5 heteroatoms. The molecule has 2 aromatic rings. The number of nitrogens with zero attached hydrogens (tertiary/aromatic N) is 2. The van der Waals surface area contributed by atoms with Crippen LogP contribution in [0.2, 0.25) is 0 Å². The molecule has 1 N–H and O–H groups in total. The third kappa shape index (κ3) is 3.84. The molecule has 0 aliphatic heterocycles. The highest BCUT2D eigenvalue weighted by atomic mass is 32.2. The standard InChI is InChI=1S/C15H21N3OS/c1-9(2)16-7-13-6-10(3)14(17-8-13)20-15-18-11(4)12(5)19-15/h6,8-9,16H,7H2,1-5H3. The zero-order valence-electron chi connectivity index (χ0n) is 12.7. The molecule has 2 heterocycles. The van der Waals surface area contributed by atoms with Crippen molar-refractivity contribution in [3.63, 3.8) is 0 Å². The number of hydrogen-bond donors (Lipinski definition) is 1. The minimum atomic E-state index is 0.475. The number of oxazole rings is 1. The summed E-state index contributed by atoms with van der Waals surface area (Å²) in [6, 6.07) is 2.63. The van der Waals surface area contributed by atoms with E-state index in [0.717, 1.165) is 28.6 Å². The van der Waals surface area contributed by atoms with E-state index in [9.17, 15) is 0 Å². The van der Waals surface area contributed by atoms with Gasteiger partial charge in [0, 0.05) is 18.8 Å². The van der Waals surface area contributed by atoms with Crippen molar-refractivity contribution >= 4 is 11.8 Å². The van der Waals surface area contributed by atoms with Gasteiger partial charge in [-0.3, -0.25) is 0 Å². The molecule has 0 amide bonds. The van der Waals surface area contributed by atoms with Gasteiger partial charge in [-0.2, -0.15) is 0 Å². The molecule has 2 aromatic heterocycles. The molecule has 0 aliphatic rings. The van der Waals surface area contributed by atoms with E-state index in [1.54, 1.807) is 0 Å². The predicted molar refractivity (Wildman–Crippen MR) is 81.0 cm³/mol. The summed E-state index contributed by atoms with van der Waals surface area (Å²) < 4.78 is 5.58. The van der Waals surface area contributed by atoms with Gasteiger partial charge in [0.25, 0.3) is 5.22 Å². The number of rotatable bonds is 5. The van der Waals surface area contributed by atoms with Gasteiger partial charge in [-0.15, -0.1) is 0 Å². The Hall–Kier alpha value is -1.33. The second-order valence-electron chi connectivity index (χ2n) is 5.22. The first-order valence-electron chi connectivity index (χ1n) is 6.76. The fourth-order valence-corrected chi connectivity index (χ4v) is 2.56. The second-order valence-corrected chi connectivity index (χ2v) is 6.16. The Balaban J connectivity index is 2.09. The average molecular weight is 291 g/mol. The summed E-state index contributed by atoms with van der Waals surface area (Å²) in [6.45, 7) is 11.1. The average Bonchev–Trinajstić information content (AvgIpc) is 2.69. The Morgan fingerprint density at radius 2 is 2.05 bits per heavy atom. The van der Waals surface area contributed by atoms with Crippen molar-refractivity contribution in [2.45, 2.75) is 57.5 Å². The van der Waals surface area contributed by atoms with Crippen LogP contribution in [0.3, 0.4) is 0 Å². The van der Waals surface area contributed by atoms with Crippen molar-refractivity contribution in [3.8, 4) is 0 Å². The van der Waals surface area contributed by atoms with Crippen molar-refractivity contribution in [3.05, 3.63) is 34.8 Å². The number of hydrogen-bond acceptors (Lipinski definition) is 5. The van der Waals surface area contributed by atoms with Gasteiger partial charge in [-0.05, 0) is 43.7 Å². The molecule has 2 rings (SSSR count). The van der Waals surface area contributed by atoms with Crippen LogP contribution in [0.15, 0.2) is 26.9 Å². The lowest BCUT2D eigenvalue weighted by molar-refractivity contribution is 0.431. The van der Waals surface area contributed by atoms with E-state index >= 15 is 0 Å². The molecule has 0 atom stereocenters. The normalized spacial score (nSPS) is 11.3. The summed E-state index contributed by atoms with van der Waals surface area (Å²) in [5.41, 5.74) is 3.27. The SMILES string of the molecule is Cc1cc(CNC(C)C)cnc1Sc1nc(C)c(C)o1. The minimum Gasteiger partial charge on any atom is -0.436 e. The number of nitrogens with one attached hydrogen (secondary N) is 1. The molecular weight excluding hydrogens is 270 g/mol. The first-order chi connectivity index (χ1) is 9.45. The fourth-order valence-electron chi connectivity index (χ4n) is 1.72. The van der Waals surface area contributed by atoms with E-state index in [0.29, 0.717) is 11.3 Å². The third-order valence-electron chi connectivity index (χ3n) is 2.99. The van der Waals surface area contributed by atoms with Crippen LogP contribution in [0.4, 0.5) is 0 Å². The first-order valence-corrected chi connectivity index (χ1v) is 7.58. The molecule has 0 fully saturated rings. The van der Waals surface area contributed by atoms with E-state index in [2.05, 4.69) is 42.1 Å². The molecular formula is C15H21N3OS. The van der Waals surface area contributed by atoms with Crippen molar-refractivity contribution < 1.29 is 4.42 Å². The molecule has 20 heavy (non-hydrogen) atoms. The Morgan fingerprint density at radius 3 is 2.60 bits per heavy atom. The van der Waals surface area contributed by atoms with Gasteiger partial charge in [-0.1, -0.05) is 19.9 Å². The second kappa shape index (κ2) is 6.41. The third-order valence-corrected chi connectivity index (χ3v) is 3.96. The molecule has 0 bridgehead atoms. The molecule has 0 aliphatic carbocycles. The summed E-state index contributed by atoms with van der Waals surface area (Å²) in [6.07, 6.45) is 1.91. The van der Waals surface area contributed by atoms with Crippen molar-refractivity contribution in [1.82, 2.24) is 15.3 Å². The molecule has 0 saturated heterocycles. The van der Waals surface area contributed by atoms with Gasteiger partial charge < -0.3 is 9.73 Å². The smallest absolute Gasteiger partial charge is 0.262 e. The van der Waals surface area contributed by atoms with E-state index in [-0.39, 0.29) is 0 Å². The fraction of sp³-hybridized carbons (Fsp3) is 0.467. The highest BCUT2D eigenvalue weighted by molar-refractivity contribution is 7.99. The van der Waals surface area contributed by atoms with Gasteiger partial charge in [-0.25, -0.2) is 9.97 Å². The van der Waals surface area contributed by atoms with E-state index in [1.807, 2.05) is 20.0 Å². The van der Waals surface area contributed by atoms with Crippen molar-refractivity contribution in [2.75, 3.05) is 0 Å². The molecule has 0 saturated carbocycles. The van der Waals surface area contributed by atoms with Gasteiger partial charge in [0.1, 0.15) is 10.8 Å². The quantitative estimate of drug-likeness (QED) is 0.911. The Bertz CT molecular complexity index is 573. The van der Waals surface area contributed by atoms with Crippen LogP contribution in [0.25, 0.3) is 0 Å². The topological polar surface area (TPSA) is 51.0 Å². The summed E-state index contributed by atoms with van der Waals surface area (Å²) in [4.78, 5) is 8.89. The van der Waals surface area contributed by atoms with E-state index in [4.69, 9.17) is 4.42 Å². The summed E-state index contributed by atoms with van der Waals surface area (Å²) in [5.74, 6) is 0.864. The summed E-state index contributed by atoms with van der Waals surface area (Å²) in [7, 11) is 0. The van der Waals surface area contributed by atoms with Gasteiger partial charge in [0.2, 0.25) is 0 Å². The zero-order valence-corrected chi connectivity index (χ0v) is 13.5. The first kappa shape index (κ1) is 15.1. The molecule has 0 spiro atoms. The van der Waals surface area contributed by atoms with Crippen LogP contribution in [0, 0.1) is 20.8 Å². The molecule has 0 aromatic carbocycles. The number of pyridine rings is 1. The van der Waals surface area contributed by atoms with E-state index < -0.39 is 0 Å². The van der Waals surface area contributed by atoms with Crippen molar-refractivity contribution in [1.29, 1.82) is 0 Å². The van der Waals surface area contributed by atoms with Gasteiger partial charge >= 0.3 is 0 Å². The molecule has 4 nitrogen and oxygen atoms in total. The predicted octanol–water partition coefficient (Wildman–Crippen LogP) is 3.64.